The van der Waals surface area contributed by atoms with Gasteiger partial charge in [-0.05, 0) is 30.2 Å². The molecular formula is C22H18N4O3. The zero-order chi connectivity index (χ0) is 20.2. The predicted octanol–water partition coefficient (Wildman–Crippen LogP) is 4.11. The van der Waals surface area contributed by atoms with Crippen LogP contribution in [0.1, 0.15) is 15.9 Å². The number of aromatic nitrogens is 2. The normalized spacial score (nSPS) is 10.8. The largest absolute Gasteiger partial charge is 0.352 e. The first kappa shape index (κ1) is 18.4. The van der Waals surface area contributed by atoms with Crippen molar-refractivity contribution in [3.05, 3.63) is 94.0 Å². The molecule has 4 aromatic rings. The summed E-state index contributed by atoms with van der Waals surface area (Å²) >= 11 is 0. The number of non-ortho nitro benzene ring substituents is 1. The number of hydrogen-bond acceptors (Lipinski definition) is 4. The smallest absolute Gasteiger partial charge is 0.269 e. The van der Waals surface area contributed by atoms with Crippen LogP contribution < -0.4 is 5.32 Å². The highest BCUT2D eigenvalue weighted by Gasteiger charge is 2.15. The molecule has 2 N–H and O–H groups in total. The third-order valence-electron chi connectivity index (χ3n) is 4.66. The Labute approximate surface area is 166 Å². The van der Waals surface area contributed by atoms with Gasteiger partial charge < -0.3 is 10.3 Å². The van der Waals surface area contributed by atoms with Gasteiger partial charge in [0.05, 0.1) is 21.5 Å². The van der Waals surface area contributed by atoms with Crippen molar-refractivity contribution in [3.8, 4) is 11.4 Å². The first-order chi connectivity index (χ1) is 14.1. The summed E-state index contributed by atoms with van der Waals surface area (Å²) in [6, 6.07) is 21.4. The van der Waals surface area contributed by atoms with Crippen LogP contribution in [0.5, 0.6) is 0 Å². The van der Waals surface area contributed by atoms with E-state index in [0.29, 0.717) is 24.4 Å². The maximum atomic E-state index is 12.7. The fourth-order valence-electron chi connectivity index (χ4n) is 3.17. The van der Waals surface area contributed by atoms with Gasteiger partial charge in [0.15, 0.2) is 0 Å². The van der Waals surface area contributed by atoms with E-state index >= 15 is 0 Å². The minimum absolute atomic E-state index is 0.0533. The summed E-state index contributed by atoms with van der Waals surface area (Å²) in [5.74, 6) is 0.454. The van der Waals surface area contributed by atoms with E-state index < -0.39 is 4.92 Å². The average molecular weight is 386 g/mol. The van der Waals surface area contributed by atoms with E-state index in [4.69, 9.17) is 0 Å². The summed E-state index contributed by atoms with van der Waals surface area (Å²) in [6.45, 7) is 0.422. The van der Waals surface area contributed by atoms with Crippen molar-refractivity contribution in [3.63, 3.8) is 0 Å². The Kier molecular flexibility index (Phi) is 5.03. The molecule has 0 radical (unpaired) electrons. The minimum atomic E-state index is -0.430. The lowest BCUT2D eigenvalue weighted by Crippen LogP contribution is -2.26. The van der Waals surface area contributed by atoms with E-state index in [0.717, 1.165) is 22.2 Å². The van der Waals surface area contributed by atoms with Crippen molar-refractivity contribution in [2.24, 2.45) is 0 Å². The van der Waals surface area contributed by atoms with Crippen molar-refractivity contribution in [2.75, 3.05) is 6.54 Å². The summed E-state index contributed by atoms with van der Waals surface area (Å²) in [4.78, 5) is 30.9. The first-order valence-corrected chi connectivity index (χ1v) is 9.17. The van der Waals surface area contributed by atoms with E-state index in [-0.39, 0.29) is 11.6 Å². The number of fused-ring (bicyclic) bond motifs is 1. The number of carbonyl (C=O) groups is 1. The number of carbonyl (C=O) groups excluding carboxylic acids is 1. The van der Waals surface area contributed by atoms with Crippen LogP contribution in [0.25, 0.3) is 22.4 Å². The van der Waals surface area contributed by atoms with Gasteiger partial charge in [-0.2, -0.15) is 0 Å². The van der Waals surface area contributed by atoms with Crippen molar-refractivity contribution >= 4 is 22.6 Å². The zero-order valence-corrected chi connectivity index (χ0v) is 15.5. The maximum Gasteiger partial charge on any atom is 0.269 e. The van der Waals surface area contributed by atoms with Gasteiger partial charge in [0, 0.05) is 24.2 Å². The van der Waals surface area contributed by atoms with Crippen LogP contribution in [-0.2, 0) is 6.42 Å². The van der Waals surface area contributed by atoms with Crippen LogP contribution in [0.3, 0.4) is 0 Å². The Balaban J connectivity index is 1.47. The molecule has 29 heavy (non-hydrogen) atoms. The van der Waals surface area contributed by atoms with E-state index in [1.807, 2.05) is 42.5 Å². The highest BCUT2D eigenvalue weighted by atomic mass is 16.6. The molecule has 0 saturated carbocycles. The average Bonchev–Trinajstić information content (AvgIpc) is 3.18. The Hall–Kier alpha value is -4.00. The topological polar surface area (TPSA) is 101 Å². The van der Waals surface area contributed by atoms with E-state index in [9.17, 15) is 14.9 Å². The second-order valence-corrected chi connectivity index (χ2v) is 6.58. The number of nitrogens with one attached hydrogen (secondary N) is 2. The summed E-state index contributed by atoms with van der Waals surface area (Å²) in [7, 11) is 0. The number of aromatic amines is 1. The lowest BCUT2D eigenvalue weighted by Gasteiger charge is -2.09. The molecule has 0 unspecified atom stereocenters. The Bertz CT molecular complexity index is 1150. The number of nitrogens with zero attached hydrogens (tertiary/aromatic N) is 2. The quantitative estimate of drug-likeness (QED) is 0.385. The van der Waals surface area contributed by atoms with Crippen molar-refractivity contribution in [2.45, 2.75) is 6.42 Å². The molecule has 0 atom stereocenters. The highest BCUT2D eigenvalue weighted by molar-refractivity contribution is 6.00. The van der Waals surface area contributed by atoms with Gasteiger partial charge in [0.25, 0.3) is 11.6 Å². The molecule has 4 rings (SSSR count). The molecule has 1 heterocycles. The molecule has 1 amide bonds. The summed E-state index contributed by atoms with van der Waals surface area (Å²) in [5.41, 5.74) is 4.00. The molecule has 0 bridgehead atoms. The molecule has 7 heteroatoms. The zero-order valence-electron chi connectivity index (χ0n) is 15.5. The van der Waals surface area contributed by atoms with E-state index in [1.54, 1.807) is 18.2 Å². The number of nitro groups is 1. The lowest BCUT2D eigenvalue weighted by molar-refractivity contribution is -0.384. The Morgan fingerprint density at radius 2 is 1.72 bits per heavy atom. The fourth-order valence-corrected chi connectivity index (χ4v) is 3.17. The Morgan fingerprint density at radius 3 is 2.48 bits per heavy atom. The summed E-state index contributed by atoms with van der Waals surface area (Å²) in [5, 5.41) is 13.6. The molecule has 0 saturated heterocycles. The number of imidazole rings is 1. The van der Waals surface area contributed by atoms with Crippen LogP contribution in [-0.4, -0.2) is 27.3 Å². The number of amides is 1. The molecule has 0 aliphatic rings. The van der Waals surface area contributed by atoms with Gasteiger partial charge in [-0.3, -0.25) is 14.9 Å². The minimum Gasteiger partial charge on any atom is -0.352 e. The van der Waals surface area contributed by atoms with E-state index in [1.165, 1.54) is 12.1 Å². The van der Waals surface area contributed by atoms with Gasteiger partial charge in [0.1, 0.15) is 5.82 Å². The number of H-pyrrole nitrogens is 1. The molecule has 144 valence electrons. The highest BCUT2D eigenvalue weighted by Crippen LogP contribution is 2.24. The molecule has 7 nitrogen and oxygen atoms in total. The predicted molar refractivity (Wildman–Crippen MR) is 111 cm³/mol. The molecular weight excluding hydrogens is 368 g/mol. The van der Waals surface area contributed by atoms with Crippen LogP contribution in [0.15, 0.2) is 72.8 Å². The molecule has 0 fully saturated rings. The van der Waals surface area contributed by atoms with E-state index in [2.05, 4.69) is 15.3 Å². The SMILES string of the molecule is O=C(NCCc1ccc([N+](=O)[O-])cc1)c1ccccc1-c1nc2ccccc2[nH]1. The fraction of sp³-hybridized carbons (Fsp3) is 0.0909. The van der Waals surface area contributed by atoms with Crippen molar-refractivity contribution in [1.82, 2.24) is 15.3 Å². The van der Waals surface area contributed by atoms with Gasteiger partial charge in [-0.15, -0.1) is 0 Å². The lowest BCUT2D eigenvalue weighted by atomic mass is 10.1. The van der Waals surface area contributed by atoms with Gasteiger partial charge in [0.2, 0.25) is 0 Å². The first-order valence-electron chi connectivity index (χ1n) is 9.17. The number of benzene rings is 3. The molecule has 1 aromatic heterocycles. The van der Waals surface area contributed by atoms with Gasteiger partial charge in [-0.25, -0.2) is 4.98 Å². The number of nitro benzene ring substituents is 1. The second-order valence-electron chi connectivity index (χ2n) is 6.58. The summed E-state index contributed by atoms with van der Waals surface area (Å²) in [6.07, 6.45) is 0.580. The standard InChI is InChI=1S/C22H18N4O3/c27-22(23-14-13-15-9-11-16(12-10-15)26(28)29)18-6-2-1-5-17(18)21-24-19-7-3-4-8-20(19)25-21/h1-12H,13-14H2,(H,23,27)(H,24,25). The molecule has 0 aliphatic heterocycles. The molecule has 0 spiro atoms. The van der Waals surface area contributed by atoms with Crippen LogP contribution >= 0.6 is 0 Å². The molecule has 0 aliphatic carbocycles. The van der Waals surface area contributed by atoms with Crippen molar-refractivity contribution in [1.29, 1.82) is 0 Å². The van der Waals surface area contributed by atoms with Gasteiger partial charge in [-0.1, -0.05) is 42.5 Å². The maximum absolute atomic E-state index is 12.7. The molecule has 3 aromatic carbocycles. The monoisotopic (exact) mass is 386 g/mol. The number of hydrogen-bond donors (Lipinski definition) is 2. The van der Waals surface area contributed by atoms with Crippen LogP contribution in [0.2, 0.25) is 0 Å². The Morgan fingerprint density at radius 1 is 1.00 bits per heavy atom. The van der Waals surface area contributed by atoms with Crippen LogP contribution in [0.4, 0.5) is 5.69 Å². The van der Waals surface area contributed by atoms with Gasteiger partial charge >= 0.3 is 0 Å². The van der Waals surface area contributed by atoms with Crippen molar-refractivity contribution < 1.29 is 9.72 Å². The number of rotatable bonds is 6. The summed E-state index contributed by atoms with van der Waals surface area (Å²) < 4.78 is 0. The number of para-hydroxylation sites is 2. The second kappa shape index (κ2) is 7.93. The third-order valence-corrected chi connectivity index (χ3v) is 4.66. The van der Waals surface area contributed by atoms with Crippen LogP contribution in [0, 0.1) is 10.1 Å². The third kappa shape index (κ3) is 3.98.